The average molecular weight is 466 g/mol. The lowest BCUT2D eigenvalue weighted by Crippen LogP contribution is -2.46. The van der Waals surface area contributed by atoms with E-state index in [-0.39, 0.29) is 30.2 Å². The highest BCUT2D eigenvalue weighted by atomic mass is 19.1. The second-order valence-corrected chi connectivity index (χ2v) is 9.59. The Balaban J connectivity index is 1.90. The SMILES string of the molecule is CC(C)(CC#N)c1c([C@H]2C[C@](F)(C(=O)O)C2)c2c(F)c3[nH]ncc3cc2n1-c1ccc(F)cc1. The standard InChI is InChI=1S/C25H21F3N4O2/c1-24(2,7-8-29)22-18(14-10-25(28,11-14)23(33)34)19-17(9-13-12-30-31-21(13)20(19)27)32(22)16-5-3-15(26)4-6-16/h3-6,9,12,14H,7,10-11H2,1-2H3,(H,30,31)(H,33,34)/t14-,25+. The molecule has 4 aromatic rings. The molecule has 0 spiro atoms. The Bertz CT molecular complexity index is 1490. The lowest BCUT2D eigenvalue weighted by atomic mass is 9.66. The number of aromatic nitrogens is 3. The van der Waals surface area contributed by atoms with Crippen molar-refractivity contribution in [3.63, 3.8) is 0 Å². The molecule has 1 fully saturated rings. The lowest BCUT2D eigenvalue weighted by Gasteiger charge is -2.40. The van der Waals surface area contributed by atoms with E-state index in [1.807, 2.05) is 13.8 Å². The number of nitriles is 1. The van der Waals surface area contributed by atoms with Crippen molar-refractivity contribution in [1.29, 1.82) is 5.26 Å². The molecule has 2 N–H and O–H groups in total. The van der Waals surface area contributed by atoms with Crippen molar-refractivity contribution in [2.75, 3.05) is 0 Å². The van der Waals surface area contributed by atoms with Gasteiger partial charge in [-0.3, -0.25) is 5.10 Å². The Morgan fingerprint density at radius 2 is 2.00 bits per heavy atom. The van der Waals surface area contributed by atoms with Gasteiger partial charge in [-0.2, -0.15) is 10.4 Å². The highest BCUT2D eigenvalue weighted by Crippen LogP contribution is 2.54. The first-order chi connectivity index (χ1) is 16.1. The van der Waals surface area contributed by atoms with Gasteiger partial charge < -0.3 is 9.67 Å². The predicted octanol–water partition coefficient (Wildman–Crippen LogP) is 5.65. The number of hydrogen-bond acceptors (Lipinski definition) is 3. The van der Waals surface area contributed by atoms with Crippen molar-refractivity contribution < 1.29 is 23.1 Å². The molecule has 0 saturated heterocycles. The molecule has 0 bridgehead atoms. The molecule has 2 heterocycles. The van der Waals surface area contributed by atoms with Crippen molar-refractivity contribution in [1.82, 2.24) is 14.8 Å². The van der Waals surface area contributed by atoms with Crippen LogP contribution in [0.1, 0.15) is 50.3 Å². The van der Waals surface area contributed by atoms with Gasteiger partial charge >= 0.3 is 5.97 Å². The number of fused-ring (bicyclic) bond motifs is 2. The van der Waals surface area contributed by atoms with Crippen molar-refractivity contribution in [2.24, 2.45) is 0 Å². The van der Waals surface area contributed by atoms with E-state index in [2.05, 4.69) is 16.3 Å². The number of alkyl halides is 1. The van der Waals surface area contributed by atoms with Crippen LogP contribution in [0.15, 0.2) is 36.5 Å². The second-order valence-electron chi connectivity index (χ2n) is 9.59. The fourth-order valence-electron chi connectivity index (χ4n) is 5.13. The van der Waals surface area contributed by atoms with Crippen LogP contribution in [0, 0.1) is 23.0 Å². The largest absolute Gasteiger partial charge is 0.479 e. The van der Waals surface area contributed by atoms with E-state index in [9.17, 15) is 23.9 Å². The maximum absolute atomic E-state index is 16.0. The molecular weight excluding hydrogens is 445 g/mol. The number of nitrogens with zero attached hydrogens (tertiary/aromatic N) is 3. The van der Waals surface area contributed by atoms with Crippen LogP contribution in [-0.2, 0) is 10.2 Å². The Labute approximate surface area is 192 Å². The van der Waals surface area contributed by atoms with E-state index >= 15 is 4.39 Å². The first-order valence-electron chi connectivity index (χ1n) is 10.8. The molecule has 34 heavy (non-hydrogen) atoms. The number of halogens is 3. The van der Waals surface area contributed by atoms with Crippen LogP contribution in [0.4, 0.5) is 13.2 Å². The number of aromatic amines is 1. The summed E-state index contributed by atoms with van der Waals surface area (Å²) in [5, 5.41) is 26.2. The summed E-state index contributed by atoms with van der Waals surface area (Å²) in [6.07, 6.45) is 0.951. The quantitative estimate of drug-likeness (QED) is 0.398. The minimum Gasteiger partial charge on any atom is -0.479 e. The van der Waals surface area contributed by atoms with Crippen LogP contribution >= 0.6 is 0 Å². The molecule has 9 heteroatoms. The van der Waals surface area contributed by atoms with E-state index in [0.29, 0.717) is 27.8 Å². The highest BCUT2D eigenvalue weighted by molar-refractivity contribution is 6.00. The molecule has 2 aromatic carbocycles. The van der Waals surface area contributed by atoms with Crippen LogP contribution < -0.4 is 0 Å². The summed E-state index contributed by atoms with van der Waals surface area (Å²) in [6.45, 7) is 3.66. The fourth-order valence-corrected chi connectivity index (χ4v) is 5.13. The van der Waals surface area contributed by atoms with Gasteiger partial charge in [-0.1, -0.05) is 13.8 Å². The van der Waals surface area contributed by atoms with Gasteiger partial charge in [-0.05, 0) is 54.7 Å². The van der Waals surface area contributed by atoms with E-state index in [1.165, 1.54) is 18.3 Å². The molecule has 0 aliphatic heterocycles. The molecule has 1 aliphatic rings. The summed E-state index contributed by atoms with van der Waals surface area (Å²) < 4.78 is 46.3. The molecule has 0 unspecified atom stereocenters. The smallest absolute Gasteiger partial charge is 0.341 e. The molecule has 2 aromatic heterocycles. The molecule has 0 radical (unpaired) electrons. The van der Waals surface area contributed by atoms with Crippen molar-refractivity contribution in [3.8, 4) is 11.8 Å². The third-order valence-electron chi connectivity index (χ3n) is 6.82. The van der Waals surface area contributed by atoms with E-state index in [4.69, 9.17) is 0 Å². The zero-order valence-corrected chi connectivity index (χ0v) is 18.5. The van der Waals surface area contributed by atoms with E-state index < -0.39 is 34.6 Å². The highest BCUT2D eigenvalue weighted by Gasteiger charge is 2.54. The van der Waals surface area contributed by atoms with Gasteiger partial charge in [0.1, 0.15) is 11.3 Å². The van der Waals surface area contributed by atoms with Gasteiger partial charge in [-0.25, -0.2) is 18.0 Å². The van der Waals surface area contributed by atoms with Crippen LogP contribution in [-0.4, -0.2) is 31.5 Å². The van der Waals surface area contributed by atoms with Crippen molar-refractivity contribution in [2.45, 2.75) is 50.1 Å². The molecule has 1 saturated carbocycles. The van der Waals surface area contributed by atoms with Crippen LogP contribution in [0.3, 0.4) is 0 Å². The first kappa shape index (κ1) is 22.0. The molecule has 1 aliphatic carbocycles. The third-order valence-corrected chi connectivity index (χ3v) is 6.82. The number of nitrogens with one attached hydrogen (secondary N) is 1. The van der Waals surface area contributed by atoms with Crippen molar-refractivity contribution >= 4 is 27.8 Å². The number of aliphatic carboxylic acids is 1. The number of H-pyrrole nitrogens is 1. The summed E-state index contributed by atoms with van der Waals surface area (Å²) in [4.78, 5) is 11.4. The van der Waals surface area contributed by atoms with Gasteiger partial charge in [0.25, 0.3) is 0 Å². The Hall–Kier alpha value is -3.80. The van der Waals surface area contributed by atoms with Crippen LogP contribution in [0.5, 0.6) is 0 Å². The van der Waals surface area contributed by atoms with E-state index in [1.54, 1.807) is 22.8 Å². The van der Waals surface area contributed by atoms with Crippen molar-refractivity contribution in [3.05, 3.63) is 59.4 Å². The van der Waals surface area contributed by atoms with Gasteiger partial charge in [0, 0.05) is 34.0 Å². The van der Waals surface area contributed by atoms with E-state index in [0.717, 1.165) is 0 Å². The molecular formula is C25H21F3N4O2. The monoisotopic (exact) mass is 466 g/mol. The summed E-state index contributed by atoms with van der Waals surface area (Å²) in [5.74, 6) is -3.14. The van der Waals surface area contributed by atoms with Gasteiger partial charge in [0.05, 0.1) is 17.8 Å². The van der Waals surface area contributed by atoms with Crippen LogP contribution in [0.25, 0.3) is 27.5 Å². The normalized spacial score (nSPS) is 20.4. The molecule has 0 amide bonds. The predicted molar refractivity (Wildman–Crippen MR) is 120 cm³/mol. The van der Waals surface area contributed by atoms with Gasteiger partial charge in [0.15, 0.2) is 5.82 Å². The number of rotatable bonds is 5. The minimum absolute atomic E-state index is 0.0744. The Morgan fingerprint density at radius 3 is 2.62 bits per heavy atom. The Kier molecular flexibility index (Phi) is 4.76. The summed E-state index contributed by atoms with van der Waals surface area (Å²) >= 11 is 0. The molecule has 6 nitrogen and oxygen atoms in total. The number of carbonyl (C=O) groups is 1. The minimum atomic E-state index is -2.39. The molecule has 0 atom stereocenters. The molecule has 174 valence electrons. The second kappa shape index (κ2) is 7.35. The number of carboxylic acids is 1. The summed E-state index contributed by atoms with van der Waals surface area (Å²) in [5.41, 5.74) is -0.964. The number of carboxylic acid groups (broad SMARTS) is 1. The first-order valence-corrected chi connectivity index (χ1v) is 10.8. The topological polar surface area (TPSA) is 94.7 Å². The lowest BCUT2D eigenvalue weighted by molar-refractivity contribution is -0.158. The maximum atomic E-state index is 16.0. The zero-order valence-electron chi connectivity index (χ0n) is 18.5. The van der Waals surface area contributed by atoms with Gasteiger partial charge in [0.2, 0.25) is 5.67 Å². The van der Waals surface area contributed by atoms with Gasteiger partial charge in [-0.15, -0.1) is 0 Å². The third kappa shape index (κ3) is 3.09. The number of hydrogen-bond donors (Lipinski definition) is 2. The summed E-state index contributed by atoms with van der Waals surface area (Å²) in [6, 6.07) is 9.59. The summed E-state index contributed by atoms with van der Waals surface area (Å²) in [7, 11) is 0. The Morgan fingerprint density at radius 1 is 1.32 bits per heavy atom. The number of benzene rings is 2. The van der Waals surface area contributed by atoms with Crippen LogP contribution in [0.2, 0.25) is 0 Å². The zero-order chi connectivity index (χ0) is 24.4. The molecule has 5 rings (SSSR count). The fraction of sp³-hybridized carbons (Fsp3) is 0.320. The average Bonchev–Trinajstić information content (AvgIpc) is 3.35. The maximum Gasteiger partial charge on any atom is 0.341 e.